The molecule has 2 aliphatic heterocycles. The highest BCUT2D eigenvalue weighted by molar-refractivity contribution is 5.06. The number of rotatable bonds is 0. The normalized spacial score (nSPS) is 41.9. The molecule has 0 aromatic rings. The van der Waals surface area contributed by atoms with E-state index in [1.54, 1.807) is 0 Å². The summed E-state index contributed by atoms with van der Waals surface area (Å²) in [5, 5.41) is 0. The summed E-state index contributed by atoms with van der Waals surface area (Å²) in [5.74, 6) is 0. The molecule has 50 valence electrons. The van der Waals surface area contributed by atoms with Crippen LogP contribution in [-0.2, 0) is 0 Å². The van der Waals surface area contributed by atoms with Gasteiger partial charge >= 0.3 is 0 Å². The third kappa shape index (κ3) is 0.715. The van der Waals surface area contributed by atoms with Crippen LogP contribution in [-0.4, -0.2) is 24.0 Å². The van der Waals surface area contributed by atoms with Crippen molar-refractivity contribution < 1.29 is 0 Å². The van der Waals surface area contributed by atoms with Crippen molar-refractivity contribution in [2.45, 2.75) is 31.3 Å². The molecule has 0 spiro atoms. The number of fused-ring (bicyclic) bond motifs is 2. The van der Waals surface area contributed by atoms with Crippen LogP contribution in [0.2, 0.25) is 0 Å². The van der Waals surface area contributed by atoms with E-state index in [1.165, 1.54) is 19.3 Å². The molecule has 2 bridgehead atoms. The Labute approximate surface area is 56.4 Å². The summed E-state index contributed by atoms with van der Waals surface area (Å²) in [6.07, 6.45) is 8.77. The highest BCUT2D eigenvalue weighted by Gasteiger charge is 2.29. The first kappa shape index (κ1) is 5.48. The highest BCUT2D eigenvalue weighted by atomic mass is 15.2. The lowest BCUT2D eigenvalue weighted by molar-refractivity contribution is 0.260. The highest BCUT2D eigenvalue weighted by Crippen LogP contribution is 2.29. The molecule has 0 N–H and O–H groups in total. The minimum absolute atomic E-state index is 0.781. The molecule has 0 saturated carbocycles. The van der Waals surface area contributed by atoms with Gasteiger partial charge in [-0.15, -0.1) is 0 Å². The van der Waals surface area contributed by atoms with Crippen molar-refractivity contribution in [1.82, 2.24) is 4.90 Å². The molecule has 1 nitrogen and oxygen atoms in total. The molecule has 2 rings (SSSR count). The first-order chi connectivity index (χ1) is 4.38. The molecule has 2 heterocycles. The number of nitrogens with zero attached hydrogens (tertiary/aromatic N) is 1. The Morgan fingerprint density at radius 3 is 3.00 bits per heavy atom. The summed E-state index contributed by atoms with van der Waals surface area (Å²) >= 11 is 0. The van der Waals surface area contributed by atoms with Crippen molar-refractivity contribution >= 4 is 0 Å². The second kappa shape index (κ2) is 1.84. The summed E-state index contributed by atoms with van der Waals surface area (Å²) in [6.45, 7) is 0. The van der Waals surface area contributed by atoms with Gasteiger partial charge in [-0.05, 0) is 26.3 Å². The minimum atomic E-state index is 0.781. The summed E-state index contributed by atoms with van der Waals surface area (Å²) in [4.78, 5) is 2.50. The predicted octanol–water partition coefficient (Wildman–Crippen LogP) is 1.41. The van der Waals surface area contributed by atoms with E-state index in [1.807, 2.05) is 0 Å². The number of hydrogen-bond acceptors (Lipinski definition) is 1. The Morgan fingerprint density at radius 1 is 1.44 bits per heavy atom. The van der Waals surface area contributed by atoms with E-state index in [2.05, 4.69) is 24.1 Å². The quantitative estimate of drug-likeness (QED) is 0.440. The maximum absolute atomic E-state index is 2.50. The van der Waals surface area contributed by atoms with Crippen LogP contribution in [0, 0.1) is 0 Å². The van der Waals surface area contributed by atoms with Gasteiger partial charge in [0, 0.05) is 12.1 Å². The molecule has 1 fully saturated rings. The van der Waals surface area contributed by atoms with Crippen LogP contribution >= 0.6 is 0 Å². The fourth-order valence-corrected chi connectivity index (χ4v) is 1.95. The standard InChI is InChI=1S/C8H13N/c1-9-7-3-2-4-8(9)6-5-7/h2-3,7-8H,4-6H2,1H3/t7-,8-/m1/s1. The second-order valence-electron chi connectivity index (χ2n) is 3.13. The van der Waals surface area contributed by atoms with Crippen molar-refractivity contribution in [3.8, 4) is 0 Å². The topological polar surface area (TPSA) is 3.24 Å². The molecule has 0 unspecified atom stereocenters. The molecular formula is C8H13N. The predicted molar refractivity (Wildman–Crippen MR) is 38.3 cm³/mol. The van der Waals surface area contributed by atoms with Crippen molar-refractivity contribution in [2.75, 3.05) is 7.05 Å². The van der Waals surface area contributed by atoms with Gasteiger partial charge in [0.05, 0.1) is 0 Å². The zero-order valence-electron chi connectivity index (χ0n) is 5.88. The van der Waals surface area contributed by atoms with Crippen molar-refractivity contribution in [3.05, 3.63) is 12.2 Å². The van der Waals surface area contributed by atoms with Gasteiger partial charge in [0.15, 0.2) is 0 Å². The largest absolute Gasteiger partial charge is 0.297 e. The zero-order valence-corrected chi connectivity index (χ0v) is 5.88. The Morgan fingerprint density at radius 2 is 2.33 bits per heavy atom. The Balaban J connectivity index is 2.22. The average molecular weight is 123 g/mol. The van der Waals surface area contributed by atoms with Crippen LogP contribution in [0.4, 0.5) is 0 Å². The molecule has 2 aliphatic rings. The fraction of sp³-hybridized carbons (Fsp3) is 0.750. The Hall–Kier alpha value is -0.300. The van der Waals surface area contributed by atoms with Gasteiger partial charge in [-0.2, -0.15) is 0 Å². The van der Waals surface area contributed by atoms with Gasteiger partial charge in [0.25, 0.3) is 0 Å². The molecule has 0 aliphatic carbocycles. The van der Waals surface area contributed by atoms with Gasteiger partial charge in [0.2, 0.25) is 0 Å². The molecule has 0 amide bonds. The van der Waals surface area contributed by atoms with Crippen molar-refractivity contribution in [2.24, 2.45) is 0 Å². The Kier molecular flexibility index (Phi) is 1.12. The SMILES string of the molecule is CN1[C@@H]2CC=C[C@@H]1CC2. The van der Waals surface area contributed by atoms with Gasteiger partial charge < -0.3 is 0 Å². The summed E-state index contributed by atoms with van der Waals surface area (Å²) in [6, 6.07) is 1.66. The maximum atomic E-state index is 2.50. The van der Waals surface area contributed by atoms with Crippen LogP contribution in [0.5, 0.6) is 0 Å². The molecule has 0 aromatic heterocycles. The summed E-state index contributed by atoms with van der Waals surface area (Å²) in [7, 11) is 2.24. The van der Waals surface area contributed by atoms with E-state index < -0.39 is 0 Å². The first-order valence-corrected chi connectivity index (χ1v) is 3.76. The number of likely N-dealkylation sites (N-methyl/N-ethyl adjacent to an activating group) is 1. The lowest BCUT2D eigenvalue weighted by atomic mass is 10.1. The van der Waals surface area contributed by atoms with E-state index in [0.717, 1.165) is 12.1 Å². The van der Waals surface area contributed by atoms with E-state index in [-0.39, 0.29) is 0 Å². The van der Waals surface area contributed by atoms with E-state index in [0.29, 0.717) is 0 Å². The smallest absolute Gasteiger partial charge is 0.0278 e. The minimum Gasteiger partial charge on any atom is -0.297 e. The van der Waals surface area contributed by atoms with Gasteiger partial charge in [0.1, 0.15) is 0 Å². The van der Waals surface area contributed by atoms with E-state index in [9.17, 15) is 0 Å². The third-order valence-corrected chi connectivity index (χ3v) is 2.66. The molecule has 0 aromatic carbocycles. The second-order valence-corrected chi connectivity index (χ2v) is 3.13. The van der Waals surface area contributed by atoms with Crippen molar-refractivity contribution in [1.29, 1.82) is 0 Å². The van der Waals surface area contributed by atoms with Crippen LogP contribution in [0.3, 0.4) is 0 Å². The fourth-order valence-electron chi connectivity index (χ4n) is 1.95. The van der Waals surface area contributed by atoms with Crippen LogP contribution in [0.15, 0.2) is 12.2 Å². The van der Waals surface area contributed by atoms with Gasteiger partial charge in [-0.1, -0.05) is 12.2 Å². The summed E-state index contributed by atoms with van der Waals surface area (Å²) < 4.78 is 0. The molecular weight excluding hydrogens is 110 g/mol. The lowest BCUT2D eigenvalue weighted by Gasteiger charge is -2.26. The van der Waals surface area contributed by atoms with E-state index in [4.69, 9.17) is 0 Å². The van der Waals surface area contributed by atoms with Crippen LogP contribution in [0.1, 0.15) is 19.3 Å². The molecule has 1 heteroatoms. The third-order valence-electron chi connectivity index (χ3n) is 2.66. The summed E-state index contributed by atoms with van der Waals surface area (Å²) in [5.41, 5.74) is 0. The lowest BCUT2D eigenvalue weighted by Crippen LogP contribution is -2.33. The van der Waals surface area contributed by atoms with Crippen molar-refractivity contribution in [3.63, 3.8) is 0 Å². The number of hydrogen-bond donors (Lipinski definition) is 0. The molecule has 9 heavy (non-hydrogen) atoms. The van der Waals surface area contributed by atoms with Gasteiger partial charge in [-0.25, -0.2) is 0 Å². The van der Waals surface area contributed by atoms with Gasteiger partial charge in [-0.3, -0.25) is 4.90 Å². The first-order valence-electron chi connectivity index (χ1n) is 3.76. The molecule has 1 saturated heterocycles. The monoisotopic (exact) mass is 123 g/mol. The molecule has 0 radical (unpaired) electrons. The average Bonchev–Trinajstić information content (AvgIpc) is 2.19. The molecule has 2 atom stereocenters. The van der Waals surface area contributed by atoms with E-state index >= 15 is 0 Å². The van der Waals surface area contributed by atoms with Crippen LogP contribution in [0.25, 0.3) is 0 Å². The van der Waals surface area contributed by atoms with Crippen LogP contribution < -0.4 is 0 Å². The maximum Gasteiger partial charge on any atom is 0.0278 e. The Bertz CT molecular complexity index is 140. The zero-order chi connectivity index (χ0) is 6.27.